The van der Waals surface area contributed by atoms with E-state index in [2.05, 4.69) is 4.98 Å². The summed E-state index contributed by atoms with van der Waals surface area (Å²) in [5.74, 6) is -0.903. The number of aromatic nitrogens is 1. The molecular formula is C18H11ClNO5-. The van der Waals surface area contributed by atoms with E-state index in [9.17, 15) is 14.7 Å². The second-order valence-corrected chi connectivity index (χ2v) is 5.45. The van der Waals surface area contributed by atoms with Gasteiger partial charge in [0.05, 0.1) is 16.9 Å². The molecule has 2 aromatic carbocycles. The summed E-state index contributed by atoms with van der Waals surface area (Å²) < 4.78 is 10.1. The lowest BCUT2D eigenvalue weighted by Crippen LogP contribution is -2.28. The highest BCUT2D eigenvalue weighted by Gasteiger charge is 2.09. The van der Waals surface area contributed by atoms with Crippen LogP contribution in [0.25, 0.3) is 22.0 Å². The van der Waals surface area contributed by atoms with E-state index in [4.69, 9.17) is 20.8 Å². The summed E-state index contributed by atoms with van der Waals surface area (Å²) in [5, 5.41) is 10.9. The van der Waals surface area contributed by atoms with E-state index in [-0.39, 0.29) is 10.9 Å². The maximum Gasteiger partial charge on any atom is 0.347 e. The molecule has 0 radical (unpaired) electrons. The number of hydrogen-bond acceptors (Lipinski definition) is 6. The largest absolute Gasteiger partial charge is 0.546 e. The zero-order valence-electron chi connectivity index (χ0n) is 12.8. The molecule has 0 amide bonds. The summed E-state index contributed by atoms with van der Waals surface area (Å²) in [5.41, 5.74) is 0.674. The molecule has 1 aromatic heterocycles. The van der Waals surface area contributed by atoms with Gasteiger partial charge in [0, 0.05) is 0 Å². The van der Waals surface area contributed by atoms with Crippen molar-refractivity contribution in [2.45, 2.75) is 0 Å². The van der Waals surface area contributed by atoms with Gasteiger partial charge in [-0.05, 0) is 35.9 Å². The molecule has 126 valence electrons. The number of benzene rings is 2. The second-order valence-electron chi connectivity index (χ2n) is 5.05. The first-order valence-electron chi connectivity index (χ1n) is 7.23. The predicted octanol–water partition coefficient (Wildman–Crippen LogP) is 2.05. The van der Waals surface area contributed by atoms with Crippen LogP contribution >= 0.6 is 11.6 Å². The molecule has 0 fully saturated rings. The zero-order valence-corrected chi connectivity index (χ0v) is 13.5. The van der Waals surface area contributed by atoms with Gasteiger partial charge >= 0.3 is 5.63 Å². The number of ether oxygens (including phenoxy) is 1. The van der Waals surface area contributed by atoms with Crippen LogP contribution in [0.5, 0.6) is 5.75 Å². The normalized spacial score (nSPS) is 11.5. The van der Waals surface area contributed by atoms with E-state index in [1.165, 1.54) is 0 Å². The number of halogens is 1. The van der Waals surface area contributed by atoms with Crippen LogP contribution in [0.2, 0.25) is 0 Å². The standard InChI is InChI=1S/C18H12ClNO5/c19-14(9-11-5-7-12(8-6-11)24-10-16(21)22)17-20-15-4-2-1-3-13(15)18(23)25-17/h1-9H,10H2,(H,21,22)/p-1/b14-9-. The molecule has 0 unspecified atom stereocenters. The monoisotopic (exact) mass is 356 g/mol. The van der Waals surface area contributed by atoms with Crippen molar-refractivity contribution in [3.05, 3.63) is 70.4 Å². The molecule has 0 aliphatic heterocycles. The molecule has 0 bridgehead atoms. The highest BCUT2D eigenvalue weighted by atomic mass is 35.5. The Kier molecular flexibility index (Phi) is 4.81. The zero-order chi connectivity index (χ0) is 17.8. The Morgan fingerprint density at radius 3 is 2.64 bits per heavy atom. The Bertz CT molecular complexity index is 1010. The number of carbonyl (C=O) groups is 1. The first-order valence-corrected chi connectivity index (χ1v) is 7.61. The van der Waals surface area contributed by atoms with Gasteiger partial charge in [-0.2, -0.15) is 0 Å². The minimum atomic E-state index is -1.30. The quantitative estimate of drug-likeness (QED) is 0.694. The molecule has 3 aromatic rings. The number of aliphatic carboxylic acids is 1. The lowest BCUT2D eigenvalue weighted by atomic mass is 10.2. The Morgan fingerprint density at radius 1 is 1.20 bits per heavy atom. The Balaban J connectivity index is 1.86. The van der Waals surface area contributed by atoms with Gasteiger partial charge in [-0.15, -0.1) is 0 Å². The SMILES string of the molecule is O=C([O-])COc1ccc(/C=C(\Cl)c2nc3ccccc3c(=O)o2)cc1. The summed E-state index contributed by atoms with van der Waals surface area (Å²) in [6.45, 7) is -0.526. The lowest BCUT2D eigenvalue weighted by Gasteiger charge is -2.06. The summed E-state index contributed by atoms with van der Waals surface area (Å²) in [4.78, 5) is 26.6. The number of nitrogens with zero attached hydrogens (tertiary/aromatic N) is 1. The van der Waals surface area contributed by atoms with Gasteiger partial charge in [-0.1, -0.05) is 35.9 Å². The van der Waals surface area contributed by atoms with Crippen molar-refractivity contribution in [3.8, 4) is 5.75 Å². The molecule has 0 atom stereocenters. The van der Waals surface area contributed by atoms with Crippen molar-refractivity contribution >= 4 is 39.6 Å². The summed E-state index contributed by atoms with van der Waals surface area (Å²) in [7, 11) is 0. The number of rotatable bonds is 5. The van der Waals surface area contributed by atoms with Crippen molar-refractivity contribution < 1.29 is 19.1 Å². The molecule has 3 rings (SSSR count). The van der Waals surface area contributed by atoms with Crippen LogP contribution in [0.15, 0.2) is 57.7 Å². The van der Waals surface area contributed by atoms with Crippen LogP contribution in [0.3, 0.4) is 0 Å². The van der Waals surface area contributed by atoms with Gasteiger partial charge in [0.2, 0.25) is 5.89 Å². The van der Waals surface area contributed by atoms with Crippen LogP contribution in [0.4, 0.5) is 0 Å². The summed E-state index contributed by atoms with van der Waals surface area (Å²) in [6.07, 6.45) is 1.57. The van der Waals surface area contributed by atoms with Crippen LogP contribution in [0, 0.1) is 0 Å². The third-order valence-electron chi connectivity index (χ3n) is 3.27. The molecule has 1 heterocycles. The van der Waals surface area contributed by atoms with Gasteiger partial charge in [0.25, 0.3) is 0 Å². The van der Waals surface area contributed by atoms with Gasteiger partial charge < -0.3 is 19.1 Å². The predicted molar refractivity (Wildman–Crippen MR) is 90.9 cm³/mol. The van der Waals surface area contributed by atoms with Gasteiger partial charge in [-0.3, -0.25) is 0 Å². The third-order valence-corrected chi connectivity index (χ3v) is 3.54. The lowest BCUT2D eigenvalue weighted by molar-refractivity contribution is -0.307. The minimum absolute atomic E-state index is 0.0163. The van der Waals surface area contributed by atoms with E-state index >= 15 is 0 Å². The fraction of sp³-hybridized carbons (Fsp3) is 0.0556. The topological polar surface area (TPSA) is 92.5 Å². The maximum atomic E-state index is 12.0. The molecule has 0 saturated heterocycles. The average Bonchev–Trinajstić information content (AvgIpc) is 2.61. The first-order chi connectivity index (χ1) is 12.0. The third kappa shape index (κ3) is 4.05. The van der Waals surface area contributed by atoms with E-state index in [1.807, 2.05) is 0 Å². The summed E-state index contributed by atoms with van der Waals surface area (Å²) >= 11 is 6.20. The molecule has 0 aliphatic carbocycles. The molecule has 0 spiro atoms. The minimum Gasteiger partial charge on any atom is -0.546 e. The molecule has 0 aliphatic rings. The van der Waals surface area contributed by atoms with Gasteiger partial charge in [0.1, 0.15) is 17.4 Å². The smallest absolute Gasteiger partial charge is 0.347 e. The average molecular weight is 357 g/mol. The van der Waals surface area contributed by atoms with Crippen LogP contribution < -0.4 is 15.5 Å². The van der Waals surface area contributed by atoms with Crippen molar-refractivity contribution in [1.29, 1.82) is 0 Å². The molecule has 7 heteroatoms. The van der Waals surface area contributed by atoms with E-state index in [1.54, 1.807) is 54.6 Å². The fourth-order valence-corrected chi connectivity index (χ4v) is 2.34. The molecule has 0 N–H and O–H groups in total. The van der Waals surface area contributed by atoms with E-state index in [0.29, 0.717) is 22.2 Å². The number of carboxylic acids is 1. The highest BCUT2D eigenvalue weighted by Crippen LogP contribution is 2.22. The fourth-order valence-electron chi connectivity index (χ4n) is 2.13. The molecule has 0 saturated carbocycles. The van der Waals surface area contributed by atoms with Crippen LogP contribution in [0.1, 0.15) is 11.5 Å². The Morgan fingerprint density at radius 2 is 1.92 bits per heavy atom. The highest BCUT2D eigenvalue weighted by molar-refractivity contribution is 6.50. The molecule has 25 heavy (non-hydrogen) atoms. The molecular weight excluding hydrogens is 346 g/mol. The Labute approximate surface area is 146 Å². The van der Waals surface area contributed by atoms with Crippen molar-refractivity contribution in [3.63, 3.8) is 0 Å². The van der Waals surface area contributed by atoms with E-state index in [0.717, 1.165) is 0 Å². The first kappa shape index (κ1) is 16.7. The van der Waals surface area contributed by atoms with E-state index < -0.39 is 18.2 Å². The van der Waals surface area contributed by atoms with Crippen molar-refractivity contribution in [2.75, 3.05) is 6.61 Å². The molecule has 6 nitrogen and oxygen atoms in total. The van der Waals surface area contributed by atoms with Crippen molar-refractivity contribution in [1.82, 2.24) is 4.98 Å². The number of hydrogen-bond donors (Lipinski definition) is 0. The number of fused-ring (bicyclic) bond motifs is 1. The summed E-state index contributed by atoms with van der Waals surface area (Å²) in [6, 6.07) is 13.3. The van der Waals surface area contributed by atoms with Crippen LogP contribution in [-0.2, 0) is 4.79 Å². The van der Waals surface area contributed by atoms with Crippen LogP contribution in [-0.4, -0.2) is 17.6 Å². The number of para-hydroxylation sites is 1. The Hall–Kier alpha value is -3.12. The van der Waals surface area contributed by atoms with Gasteiger partial charge in [-0.25, -0.2) is 9.78 Å². The second kappa shape index (κ2) is 7.19. The number of carbonyl (C=O) groups excluding carboxylic acids is 1. The van der Waals surface area contributed by atoms with Gasteiger partial charge in [0.15, 0.2) is 0 Å². The maximum absolute atomic E-state index is 12.0. The van der Waals surface area contributed by atoms with Crippen molar-refractivity contribution in [2.24, 2.45) is 0 Å². The number of carboxylic acid groups (broad SMARTS) is 1.